The molecule has 7 atom stereocenters. The second-order valence-electron chi connectivity index (χ2n) is 10.4. The zero-order chi connectivity index (χ0) is 27.1. The van der Waals surface area contributed by atoms with Gasteiger partial charge >= 0.3 is 5.97 Å². The van der Waals surface area contributed by atoms with Crippen LogP contribution >= 0.6 is 0 Å². The summed E-state index contributed by atoms with van der Waals surface area (Å²) in [6, 6.07) is 5.45. The number of benzene rings is 1. The van der Waals surface area contributed by atoms with Crippen molar-refractivity contribution in [2.75, 3.05) is 31.8 Å². The van der Waals surface area contributed by atoms with Gasteiger partial charge in [0, 0.05) is 12.2 Å². The van der Waals surface area contributed by atoms with Gasteiger partial charge in [0.25, 0.3) is 5.91 Å². The molecule has 0 aromatic heterocycles. The third-order valence-corrected chi connectivity index (χ3v) is 8.56. The molecule has 1 spiro atoms. The third kappa shape index (κ3) is 3.94. The minimum Gasteiger partial charge on any atom is -0.497 e. The summed E-state index contributed by atoms with van der Waals surface area (Å²) in [5.74, 6) is -2.33. The molecule has 3 fully saturated rings. The highest BCUT2D eigenvalue weighted by Crippen LogP contribution is 2.65. The van der Waals surface area contributed by atoms with Crippen molar-refractivity contribution >= 4 is 23.5 Å². The fourth-order valence-electron chi connectivity index (χ4n) is 6.71. The van der Waals surface area contributed by atoms with E-state index in [0.29, 0.717) is 24.3 Å². The van der Waals surface area contributed by atoms with Crippen LogP contribution in [0, 0.1) is 17.8 Å². The molecule has 3 unspecified atom stereocenters. The fourth-order valence-corrected chi connectivity index (χ4v) is 6.71. The minimum absolute atomic E-state index is 0.0933. The van der Waals surface area contributed by atoms with Crippen molar-refractivity contribution in [2.24, 2.45) is 17.8 Å². The summed E-state index contributed by atoms with van der Waals surface area (Å²) >= 11 is 0. The molecule has 3 saturated heterocycles. The Balaban J connectivity index is 1.85. The van der Waals surface area contributed by atoms with Crippen LogP contribution in [-0.4, -0.2) is 77.9 Å². The van der Waals surface area contributed by atoms with Crippen molar-refractivity contribution in [3.05, 3.63) is 36.9 Å². The smallest absolute Gasteiger partial charge is 0.312 e. The quantitative estimate of drug-likeness (QED) is 0.378. The summed E-state index contributed by atoms with van der Waals surface area (Å²) in [6.45, 7) is 11.3. The third-order valence-electron chi connectivity index (χ3n) is 8.56. The van der Waals surface area contributed by atoms with Gasteiger partial charge in [-0.2, -0.15) is 0 Å². The average molecular weight is 515 g/mol. The van der Waals surface area contributed by atoms with E-state index in [1.165, 1.54) is 4.90 Å². The van der Waals surface area contributed by atoms with E-state index in [9.17, 15) is 19.5 Å². The SMILES string of the molecule is C=CCN(C(=O)C1N([C@@H](CC)CO)C(=O)[C@@H]2[C@@H](C(=O)OCC)[C@]3(C)OC12CC3C)c1ccc(OC)cc1. The molecule has 9 nitrogen and oxygen atoms in total. The number of carbonyl (C=O) groups is 3. The first-order chi connectivity index (χ1) is 17.6. The van der Waals surface area contributed by atoms with Crippen molar-refractivity contribution in [1.29, 1.82) is 0 Å². The van der Waals surface area contributed by atoms with Gasteiger partial charge in [0.15, 0.2) is 0 Å². The Kier molecular flexibility index (Phi) is 7.41. The molecule has 0 radical (unpaired) electrons. The Morgan fingerprint density at radius 1 is 1.32 bits per heavy atom. The van der Waals surface area contributed by atoms with Crippen LogP contribution in [0.1, 0.15) is 40.5 Å². The standard InChI is InChI=1S/C28H38N2O7/c1-7-14-29(19-10-12-20(35-6)13-11-19)25(33)23-28-15-17(4)27(5,37-28)22(26(34)36-9-3)21(28)24(32)30(23)18(8-2)16-31/h7,10-13,17-18,21-23,31H,1,8-9,14-16H2,2-6H3/t17?,18-,21-,22-,23?,27+,28?/m0/s1. The number of ether oxygens (including phenoxy) is 3. The molecule has 37 heavy (non-hydrogen) atoms. The minimum atomic E-state index is -1.21. The number of carbonyl (C=O) groups excluding carboxylic acids is 3. The Labute approximate surface area is 218 Å². The molecular formula is C28H38N2O7. The Hall–Kier alpha value is -2.91. The number of likely N-dealkylation sites (tertiary alicyclic amines) is 1. The first-order valence-corrected chi connectivity index (χ1v) is 13.0. The molecule has 202 valence electrons. The normalized spacial score (nSPS) is 32.7. The van der Waals surface area contributed by atoms with Crippen molar-refractivity contribution in [1.82, 2.24) is 4.90 Å². The summed E-state index contributed by atoms with van der Waals surface area (Å²) < 4.78 is 17.4. The highest BCUT2D eigenvalue weighted by Gasteiger charge is 2.80. The summed E-state index contributed by atoms with van der Waals surface area (Å²) in [5.41, 5.74) is -1.54. The van der Waals surface area contributed by atoms with Crippen molar-refractivity contribution in [2.45, 2.75) is 63.8 Å². The van der Waals surface area contributed by atoms with Gasteiger partial charge in [-0.05, 0) is 56.9 Å². The van der Waals surface area contributed by atoms with Gasteiger partial charge in [0.05, 0.1) is 37.9 Å². The van der Waals surface area contributed by atoms with E-state index >= 15 is 0 Å². The monoisotopic (exact) mass is 514 g/mol. The molecule has 4 rings (SSSR count). The molecule has 2 bridgehead atoms. The summed E-state index contributed by atoms with van der Waals surface area (Å²) in [6.07, 6.45) is 2.50. The predicted octanol–water partition coefficient (Wildman–Crippen LogP) is 2.56. The van der Waals surface area contributed by atoms with Gasteiger partial charge in [0.2, 0.25) is 5.91 Å². The number of methoxy groups -OCH3 is 1. The zero-order valence-corrected chi connectivity index (χ0v) is 22.3. The summed E-state index contributed by atoms with van der Waals surface area (Å²) in [7, 11) is 1.57. The second-order valence-corrected chi connectivity index (χ2v) is 10.4. The van der Waals surface area contributed by atoms with E-state index in [1.54, 1.807) is 49.3 Å². The highest BCUT2D eigenvalue weighted by atomic mass is 16.6. The molecular weight excluding hydrogens is 476 g/mol. The molecule has 3 heterocycles. The lowest BCUT2D eigenvalue weighted by Crippen LogP contribution is -2.59. The van der Waals surface area contributed by atoms with Crippen LogP contribution in [0.15, 0.2) is 36.9 Å². The second kappa shape index (κ2) is 10.1. The van der Waals surface area contributed by atoms with Gasteiger partial charge in [-0.3, -0.25) is 14.4 Å². The van der Waals surface area contributed by atoms with Gasteiger partial charge in [0.1, 0.15) is 23.3 Å². The lowest BCUT2D eigenvalue weighted by Gasteiger charge is -2.39. The first kappa shape index (κ1) is 27.1. The van der Waals surface area contributed by atoms with E-state index in [4.69, 9.17) is 14.2 Å². The van der Waals surface area contributed by atoms with Gasteiger partial charge in [-0.1, -0.05) is 19.9 Å². The number of aliphatic hydroxyl groups is 1. The molecule has 1 N–H and O–H groups in total. The number of hydrogen-bond donors (Lipinski definition) is 1. The van der Waals surface area contributed by atoms with Crippen LogP contribution in [0.4, 0.5) is 5.69 Å². The van der Waals surface area contributed by atoms with Crippen LogP contribution in [0.3, 0.4) is 0 Å². The molecule has 0 saturated carbocycles. The van der Waals surface area contributed by atoms with Crippen LogP contribution in [0.25, 0.3) is 0 Å². The molecule has 1 aromatic rings. The van der Waals surface area contributed by atoms with Crippen LogP contribution in [0.5, 0.6) is 5.75 Å². The van der Waals surface area contributed by atoms with E-state index in [-0.39, 0.29) is 37.5 Å². The number of rotatable bonds is 10. The van der Waals surface area contributed by atoms with Crippen LogP contribution in [-0.2, 0) is 23.9 Å². The van der Waals surface area contributed by atoms with Crippen molar-refractivity contribution < 1.29 is 33.7 Å². The van der Waals surface area contributed by atoms with E-state index < -0.39 is 41.1 Å². The average Bonchev–Trinajstić information content (AvgIpc) is 3.40. The maximum atomic E-state index is 14.5. The van der Waals surface area contributed by atoms with Gasteiger partial charge in [-0.15, -0.1) is 6.58 Å². The number of fused-ring (bicyclic) bond motifs is 1. The number of anilines is 1. The van der Waals surface area contributed by atoms with E-state index in [1.807, 2.05) is 20.8 Å². The van der Waals surface area contributed by atoms with Gasteiger partial charge < -0.3 is 29.1 Å². The van der Waals surface area contributed by atoms with E-state index in [2.05, 4.69) is 6.58 Å². The van der Waals surface area contributed by atoms with Gasteiger partial charge in [-0.25, -0.2) is 0 Å². The summed E-state index contributed by atoms with van der Waals surface area (Å²) in [4.78, 5) is 44.9. The topological polar surface area (TPSA) is 106 Å². The maximum absolute atomic E-state index is 14.5. The number of hydrogen-bond acceptors (Lipinski definition) is 7. The Morgan fingerprint density at radius 3 is 2.54 bits per heavy atom. The maximum Gasteiger partial charge on any atom is 0.312 e. The lowest BCUT2D eigenvalue weighted by molar-refractivity contribution is -0.162. The van der Waals surface area contributed by atoms with Crippen LogP contribution in [0.2, 0.25) is 0 Å². The molecule has 0 aliphatic carbocycles. The van der Waals surface area contributed by atoms with Crippen molar-refractivity contribution in [3.8, 4) is 5.75 Å². The largest absolute Gasteiger partial charge is 0.497 e. The zero-order valence-electron chi connectivity index (χ0n) is 22.3. The number of esters is 1. The molecule has 1 aromatic carbocycles. The lowest BCUT2D eigenvalue weighted by atomic mass is 9.62. The fraction of sp³-hybridized carbons (Fsp3) is 0.607. The molecule has 3 aliphatic heterocycles. The Morgan fingerprint density at radius 2 is 2.00 bits per heavy atom. The first-order valence-electron chi connectivity index (χ1n) is 13.0. The highest BCUT2D eigenvalue weighted by molar-refractivity contribution is 6.05. The Bertz CT molecular complexity index is 1060. The number of nitrogens with zero attached hydrogens (tertiary/aromatic N) is 2. The van der Waals surface area contributed by atoms with Crippen LogP contribution < -0.4 is 9.64 Å². The summed E-state index contributed by atoms with van der Waals surface area (Å²) in [5, 5.41) is 10.2. The number of aliphatic hydroxyl groups excluding tert-OH is 1. The van der Waals surface area contributed by atoms with Crippen molar-refractivity contribution in [3.63, 3.8) is 0 Å². The predicted molar refractivity (Wildman–Crippen MR) is 137 cm³/mol. The molecule has 2 amide bonds. The molecule has 9 heteroatoms. The number of amides is 2. The van der Waals surface area contributed by atoms with E-state index in [0.717, 1.165) is 0 Å². The molecule has 3 aliphatic rings.